The highest BCUT2D eigenvalue weighted by molar-refractivity contribution is 5.79. The average molecular weight is 216 g/mol. The lowest BCUT2D eigenvalue weighted by Gasteiger charge is -2.14. The Kier molecular flexibility index (Phi) is 3.24. The zero-order chi connectivity index (χ0) is 11.5. The zero-order valence-corrected chi connectivity index (χ0v) is 8.04. The van der Waals surface area contributed by atoms with Gasteiger partial charge in [-0.05, 0) is 31.2 Å². The van der Waals surface area contributed by atoms with Crippen molar-refractivity contribution in [2.45, 2.75) is 12.8 Å². The number of carbonyl (C=O) groups is 1. The summed E-state index contributed by atoms with van der Waals surface area (Å²) in [4.78, 5) is 10.9. The maximum atomic E-state index is 13.3. The lowest BCUT2D eigenvalue weighted by Crippen LogP contribution is -2.28. The minimum absolute atomic E-state index is 0.105. The van der Waals surface area contributed by atoms with E-state index in [0.29, 0.717) is 0 Å². The fraction of sp³-hybridized carbons (Fsp3) is 0.300. The van der Waals surface area contributed by atoms with Gasteiger partial charge in [0.2, 0.25) is 0 Å². The lowest BCUT2D eigenvalue weighted by atomic mass is 10.1. The van der Waals surface area contributed by atoms with Gasteiger partial charge in [0.25, 0.3) is 0 Å². The van der Waals surface area contributed by atoms with E-state index < -0.39 is 17.5 Å². The number of carbonyl (C=O) groups excluding carboxylic acids is 1. The molecule has 82 valence electrons. The first kappa shape index (κ1) is 11.4. The smallest absolute Gasteiger partial charge is 0.381 e. The molecule has 0 aliphatic rings. The molecule has 0 heterocycles. The van der Waals surface area contributed by atoms with Gasteiger partial charge in [-0.3, -0.25) is 0 Å². The minimum Gasteiger partial charge on any atom is -0.508 e. The summed E-state index contributed by atoms with van der Waals surface area (Å²) >= 11 is 0. The third kappa shape index (κ3) is 2.43. The molecule has 0 aromatic heterocycles. The largest absolute Gasteiger partial charge is 0.508 e. The highest BCUT2D eigenvalue weighted by Crippen LogP contribution is 2.30. The molecule has 0 atom stereocenters. The Morgan fingerprint density at radius 3 is 2.40 bits per heavy atom. The van der Waals surface area contributed by atoms with Gasteiger partial charge >= 0.3 is 11.9 Å². The average Bonchev–Trinajstić information content (AvgIpc) is 2.18. The molecular weight excluding hydrogens is 206 g/mol. The van der Waals surface area contributed by atoms with E-state index in [1.54, 1.807) is 0 Å². The molecular formula is C10H10F2O3. The molecule has 0 fully saturated rings. The van der Waals surface area contributed by atoms with Crippen molar-refractivity contribution < 1.29 is 23.4 Å². The van der Waals surface area contributed by atoms with E-state index >= 15 is 0 Å². The van der Waals surface area contributed by atoms with Crippen LogP contribution in [0.15, 0.2) is 24.3 Å². The van der Waals surface area contributed by atoms with E-state index in [9.17, 15) is 13.6 Å². The predicted molar refractivity (Wildman–Crippen MR) is 48.6 cm³/mol. The number of halogens is 2. The van der Waals surface area contributed by atoms with Crippen LogP contribution in [0.2, 0.25) is 0 Å². The third-order valence-corrected chi connectivity index (χ3v) is 1.76. The number of rotatable bonds is 3. The number of phenols is 1. The van der Waals surface area contributed by atoms with Crippen LogP contribution >= 0.6 is 0 Å². The number of aromatic hydroxyl groups is 1. The van der Waals surface area contributed by atoms with E-state index in [2.05, 4.69) is 4.74 Å². The Morgan fingerprint density at radius 2 is 1.93 bits per heavy atom. The number of esters is 1. The van der Waals surface area contributed by atoms with Crippen molar-refractivity contribution in [2.24, 2.45) is 0 Å². The van der Waals surface area contributed by atoms with Gasteiger partial charge in [0, 0.05) is 5.56 Å². The highest BCUT2D eigenvalue weighted by Gasteiger charge is 2.42. The second-order valence-corrected chi connectivity index (χ2v) is 2.84. The van der Waals surface area contributed by atoms with Crippen molar-refractivity contribution >= 4 is 5.97 Å². The van der Waals surface area contributed by atoms with Gasteiger partial charge in [0.15, 0.2) is 0 Å². The molecule has 0 amide bonds. The van der Waals surface area contributed by atoms with Gasteiger partial charge in [-0.25, -0.2) is 4.79 Å². The summed E-state index contributed by atoms with van der Waals surface area (Å²) < 4.78 is 30.9. The van der Waals surface area contributed by atoms with Crippen LogP contribution < -0.4 is 0 Å². The fourth-order valence-electron chi connectivity index (χ4n) is 1.01. The first-order valence-corrected chi connectivity index (χ1v) is 4.33. The maximum Gasteiger partial charge on any atom is 0.381 e. The number of hydrogen-bond donors (Lipinski definition) is 1. The van der Waals surface area contributed by atoms with Gasteiger partial charge < -0.3 is 9.84 Å². The standard InChI is InChI=1S/C10H10F2O3/c1-2-15-9(14)10(11,12)7-3-5-8(13)6-4-7/h3-6,13H,2H2,1H3. The van der Waals surface area contributed by atoms with Gasteiger partial charge in [-0.15, -0.1) is 0 Å². The van der Waals surface area contributed by atoms with Crippen LogP contribution in [0.25, 0.3) is 0 Å². The monoisotopic (exact) mass is 216 g/mol. The Balaban J connectivity index is 2.94. The van der Waals surface area contributed by atoms with Crippen LogP contribution in [0.3, 0.4) is 0 Å². The summed E-state index contributed by atoms with van der Waals surface area (Å²) in [7, 11) is 0. The van der Waals surface area contributed by atoms with Crippen molar-refractivity contribution in [3.05, 3.63) is 29.8 Å². The summed E-state index contributed by atoms with van der Waals surface area (Å²) in [5, 5.41) is 8.90. The van der Waals surface area contributed by atoms with Crippen molar-refractivity contribution in [1.29, 1.82) is 0 Å². The molecule has 1 N–H and O–H groups in total. The lowest BCUT2D eigenvalue weighted by molar-refractivity contribution is -0.173. The topological polar surface area (TPSA) is 46.5 Å². The summed E-state index contributed by atoms with van der Waals surface area (Å²) in [6.07, 6.45) is 0. The van der Waals surface area contributed by atoms with Crippen molar-refractivity contribution in [3.63, 3.8) is 0 Å². The maximum absolute atomic E-state index is 13.3. The Hall–Kier alpha value is -1.65. The molecule has 0 spiro atoms. The SMILES string of the molecule is CCOC(=O)C(F)(F)c1ccc(O)cc1. The molecule has 0 saturated heterocycles. The van der Waals surface area contributed by atoms with Crippen LogP contribution in [-0.2, 0) is 15.5 Å². The van der Waals surface area contributed by atoms with E-state index in [1.807, 2.05) is 0 Å². The van der Waals surface area contributed by atoms with Crippen LogP contribution in [0.4, 0.5) is 8.78 Å². The number of phenolic OH excluding ortho intramolecular Hbond substituents is 1. The summed E-state index contributed by atoms with van der Waals surface area (Å²) in [6.45, 7) is 1.34. The van der Waals surface area contributed by atoms with Gasteiger partial charge in [-0.2, -0.15) is 8.78 Å². The first-order chi connectivity index (χ1) is 6.98. The molecule has 0 radical (unpaired) electrons. The molecule has 0 unspecified atom stereocenters. The van der Waals surface area contributed by atoms with E-state index in [1.165, 1.54) is 6.92 Å². The quantitative estimate of drug-likeness (QED) is 0.786. The molecule has 0 bridgehead atoms. The molecule has 0 aliphatic carbocycles. The molecule has 5 heteroatoms. The fourth-order valence-corrected chi connectivity index (χ4v) is 1.01. The predicted octanol–water partition coefficient (Wildman–Crippen LogP) is 2.05. The molecule has 1 rings (SSSR count). The van der Waals surface area contributed by atoms with Gasteiger partial charge in [-0.1, -0.05) is 0 Å². The van der Waals surface area contributed by atoms with Crippen molar-refractivity contribution in [3.8, 4) is 5.75 Å². The van der Waals surface area contributed by atoms with E-state index in [4.69, 9.17) is 5.11 Å². The Labute approximate surface area is 85.3 Å². The third-order valence-electron chi connectivity index (χ3n) is 1.76. The summed E-state index contributed by atoms with van der Waals surface area (Å²) in [6, 6.07) is 4.13. The summed E-state index contributed by atoms with van der Waals surface area (Å²) in [5.41, 5.74) is -0.501. The van der Waals surface area contributed by atoms with E-state index in [-0.39, 0.29) is 12.4 Å². The van der Waals surface area contributed by atoms with Crippen LogP contribution in [0, 0.1) is 0 Å². The van der Waals surface area contributed by atoms with E-state index in [0.717, 1.165) is 24.3 Å². The highest BCUT2D eigenvalue weighted by atomic mass is 19.3. The number of hydrogen-bond acceptors (Lipinski definition) is 3. The first-order valence-electron chi connectivity index (χ1n) is 4.33. The van der Waals surface area contributed by atoms with Gasteiger partial charge in [0.05, 0.1) is 6.61 Å². The van der Waals surface area contributed by atoms with Crippen LogP contribution in [0.1, 0.15) is 12.5 Å². The second-order valence-electron chi connectivity index (χ2n) is 2.84. The molecule has 1 aromatic rings. The number of benzene rings is 1. The Bertz CT molecular complexity index is 346. The molecule has 1 aromatic carbocycles. The number of ether oxygens (including phenoxy) is 1. The summed E-state index contributed by atoms with van der Waals surface area (Å²) in [5.74, 6) is -5.40. The number of alkyl halides is 2. The van der Waals surface area contributed by atoms with Crippen LogP contribution in [-0.4, -0.2) is 17.7 Å². The Morgan fingerprint density at radius 1 is 1.40 bits per heavy atom. The molecule has 0 aliphatic heterocycles. The van der Waals surface area contributed by atoms with Crippen molar-refractivity contribution in [1.82, 2.24) is 0 Å². The second kappa shape index (κ2) is 4.25. The minimum atomic E-state index is -3.68. The molecule has 3 nitrogen and oxygen atoms in total. The van der Waals surface area contributed by atoms with Crippen LogP contribution in [0.5, 0.6) is 5.75 Å². The molecule has 15 heavy (non-hydrogen) atoms. The van der Waals surface area contributed by atoms with Crippen molar-refractivity contribution in [2.75, 3.05) is 6.61 Å². The zero-order valence-electron chi connectivity index (χ0n) is 8.04. The normalized spacial score (nSPS) is 11.1. The van der Waals surface area contributed by atoms with Gasteiger partial charge in [0.1, 0.15) is 5.75 Å². The molecule has 0 saturated carbocycles.